The van der Waals surface area contributed by atoms with E-state index in [0.29, 0.717) is 48.9 Å². The molecule has 1 unspecified atom stereocenters. The monoisotopic (exact) mass is 515 g/mol. The Morgan fingerprint density at radius 2 is 1.76 bits per heavy atom. The summed E-state index contributed by atoms with van der Waals surface area (Å²) in [6, 6.07) is 17.0. The fourth-order valence-electron chi connectivity index (χ4n) is 4.84. The summed E-state index contributed by atoms with van der Waals surface area (Å²) in [5.74, 6) is 1.52. The molecule has 2 amide bonds. The zero-order valence-electron chi connectivity index (χ0n) is 21.9. The van der Waals surface area contributed by atoms with Crippen LogP contribution in [0.2, 0.25) is 0 Å². The molecule has 0 bridgehead atoms. The fraction of sp³-hybridized carbons (Fsp3) is 0.345. The van der Waals surface area contributed by atoms with Crippen LogP contribution in [0.15, 0.2) is 66.2 Å². The number of nitrogens with zero attached hydrogens (tertiary/aromatic N) is 3. The standard InChI is InChI=1S/C29H33N5O4/c1-29(2,3)38-28(36)33-17-14-19(15-18-33)23-13-16-31-27-24(26(30)35)25(32-34(23)27)20-9-11-22(12-10-20)37-21-7-5-4-6-8-21/h4-12,14,23,31H,13,15-18H2,1-3H3,(H2,30,35). The highest BCUT2D eigenvalue weighted by Gasteiger charge is 2.33. The number of aromatic nitrogens is 2. The molecule has 1 aromatic heterocycles. The van der Waals surface area contributed by atoms with Crippen molar-refractivity contribution in [2.24, 2.45) is 5.73 Å². The highest BCUT2D eigenvalue weighted by atomic mass is 16.6. The summed E-state index contributed by atoms with van der Waals surface area (Å²) in [6.45, 7) is 7.32. The molecule has 2 aliphatic rings. The molecule has 0 fully saturated rings. The molecule has 3 aromatic rings. The first kappa shape index (κ1) is 25.4. The third-order valence-electron chi connectivity index (χ3n) is 6.59. The third-order valence-corrected chi connectivity index (χ3v) is 6.59. The summed E-state index contributed by atoms with van der Waals surface area (Å²) in [7, 11) is 0. The van der Waals surface area contributed by atoms with E-state index < -0.39 is 11.5 Å². The number of hydrogen-bond acceptors (Lipinski definition) is 6. The first-order valence-electron chi connectivity index (χ1n) is 12.9. The van der Waals surface area contributed by atoms with Crippen LogP contribution in [0.3, 0.4) is 0 Å². The lowest BCUT2D eigenvalue weighted by molar-refractivity contribution is 0.0263. The Bertz CT molecular complexity index is 1360. The molecule has 5 rings (SSSR count). The first-order valence-corrected chi connectivity index (χ1v) is 12.9. The zero-order valence-corrected chi connectivity index (χ0v) is 21.9. The maximum atomic E-state index is 12.6. The summed E-state index contributed by atoms with van der Waals surface area (Å²) >= 11 is 0. The van der Waals surface area contributed by atoms with E-state index in [1.165, 1.54) is 5.57 Å². The number of anilines is 1. The molecule has 3 N–H and O–H groups in total. The Morgan fingerprint density at radius 1 is 1.05 bits per heavy atom. The minimum atomic E-state index is -0.535. The summed E-state index contributed by atoms with van der Waals surface area (Å²) in [5, 5.41) is 8.21. The van der Waals surface area contributed by atoms with Crippen LogP contribution in [0.25, 0.3) is 11.3 Å². The van der Waals surface area contributed by atoms with Gasteiger partial charge in [0, 0.05) is 25.2 Å². The van der Waals surface area contributed by atoms with Crippen LogP contribution in [0.5, 0.6) is 11.5 Å². The first-order chi connectivity index (χ1) is 18.2. The third kappa shape index (κ3) is 5.37. The van der Waals surface area contributed by atoms with E-state index in [0.717, 1.165) is 17.7 Å². The average Bonchev–Trinajstić information content (AvgIpc) is 3.29. The fourth-order valence-corrected chi connectivity index (χ4v) is 4.84. The lowest BCUT2D eigenvalue weighted by Gasteiger charge is -2.33. The van der Waals surface area contributed by atoms with Crippen molar-refractivity contribution >= 4 is 17.8 Å². The second kappa shape index (κ2) is 10.2. The zero-order chi connectivity index (χ0) is 26.9. The number of para-hydroxylation sites is 1. The van der Waals surface area contributed by atoms with Gasteiger partial charge >= 0.3 is 6.09 Å². The molecule has 9 heteroatoms. The van der Waals surface area contributed by atoms with E-state index in [1.807, 2.05) is 80.1 Å². The Balaban J connectivity index is 1.40. The lowest BCUT2D eigenvalue weighted by Crippen LogP contribution is -2.40. The van der Waals surface area contributed by atoms with Gasteiger partial charge in [-0.15, -0.1) is 0 Å². The van der Waals surface area contributed by atoms with Gasteiger partial charge in [-0.25, -0.2) is 9.48 Å². The van der Waals surface area contributed by atoms with Crippen LogP contribution in [-0.4, -0.2) is 51.9 Å². The van der Waals surface area contributed by atoms with Gasteiger partial charge in [0.25, 0.3) is 5.91 Å². The van der Waals surface area contributed by atoms with Crippen LogP contribution < -0.4 is 15.8 Å². The van der Waals surface area contributed by atoms with Crippen molar-refractivity contribution in [2.45, 2.75) is 45.3 Å². The molecular formula is C29H33N5O4. The second-order valence-electron chi connectivity index (χ2n) is 10.5. The number of nitrogens with one attached hydrogen (secondary N) is 1. The number of carbonyl (C=O) groups excluding carboxylic acids is 2. The number of nitrogens with two attached hydrogens (primary N) is 1. The van der Waals surface area contributed by atoms with Gasteiger partial charge in [-0.3, -0.25) is 4.79 Å². The van der Waals surface area contributed by atoms with Crippen LogP contribution in [0.1, 0.15) is 50.0 Å². The number of fused-ring (bicyclic) bond motifs is 1. The summed E-state index contributed by atoms with van der Waals surface area (Å²) in [4.78, 5) is 26.8. The van der Waals surface area contributed by atoms with Crippen molar-refractivity contribution in [1.29, 1.82) is 0 Å². The molecule has 0 aliphatic carbocycles. The predicted octanol–water partition coefficient (Wildman–Crippen LogP) is 5.37. The highest BCUT2D eigenvalue weighted by Crippen LogP contribution is 2.38. The maximum Gasteiger partial charge on any atom is 0.410 e. The predicted molar refractivity (Wildman–Crippen MR) is 145 cm³/mol. The van der Waals surface area contributed by atoms with Gasteiger partial charge in [0.05, 0.1) is 6.04 Å². The van der Waals surface area contributed by atoms with E-state index in [-0.39, 0.29) is 12.1 Å². The molecule has 1 atom stereocenters. The van der Waals surface area contributed by atoms with Crippen molar-refractivity contribution in [3.8, 4) is 22.8 Å². The Labute approximate surface area is 222 Å². The van der Waals surface area contributed by atoms with E-state index >= 15 is 0 Å². The van der Waals surface area contributed by atoms with Crippen molar-refractivity contribution in [3.63, 3.8) is 0 Å². The quantitative estimate of drug-likeness (QED) is 0.442. The van der Waals surface area contributed by atoms with Gasteiger partial charge in [-0.1, -0.05) is 24.3 Å². The molecule has 3 heterocycles. The van der Waals surface area contributed by atoms with E-state index in [1.54, 1.807) is 4.90 Å². The normalized spacial score (nSPS) is 17.2. The van der Waals surface area contributed by atoms with E-state index in [9.17, 15) is 9.59 Å². The molecule has 0 saturated carbocycles. The Hall–Kier alpha value is -4.27. The molecular weight excluding hydrogens is 482 g/mol. The van der Waals surface area contributed by atoms with Crippen molar-refractivity contribution < 1.29 is 19.1 Å². The minimum absolute atomic E-state index is 0.0282. The lowest BCUT2D eigenvalue weighted by atomic mass is 9.96. The number of rotatable bonds is 5. The molecule has 2 aliphatic heterocycles. The minimum Gasteiger partial charge on any atom is -0.457 e. The van der Waals surface area contributed by atoms with Gasteiger partial charge in [0.1, 0.15) is 34.2 Å². The SMILES string of the molecule is CC(C)(C)OC(=O)N1CC=C(C2CCNc3c(C(N)=O)c(-c4ccc(Oc5ccccc5)cc4)nn32)CC1. The summed E-state index contributed by atoms with van der Waals surface area (Å²) in [6.07, 6.45) is 3.29. The van der Waals surface area contributed by atoms with Crippen molar-refractivity contribution in [1.82, 2.24) is 14.7 Å². The van der Waals surface area contributed by atoms with Gasteiger partial charge in [-0.2, -0.15) is 5.10 Å². The number of hydrogen-bond donors (Lipinski definition) is 2. The summed E-state index contributed by atoms with van der Waals surface area (Å²) < 4.78 is 13.3. The van der Waals surface area contributed by atoms with Gasteiger partial charge in [-0.05, 0) is 75.6 Å². The Kier molecular flexibility index (Phi) is 6.84. The number of ether oxygens (including phenoxy) is 2. The molecule has 0 radical (unpaired) electrons. The van der Waals surface area contributed by atoms with Gasteiger partial charge < -0.3 is 25.4 Å². The van der Waals surface area contributed by atoms with Crippen molar-refractivity contribution in [3.05, 3.63) is 71.8 Å². The van der Waals surface area contributed by atoms with Gasteiger partial charge in [0.2, 0.25) is 0 Å². The van der Waals surface area contributed by atoms with Crippen molar-refractivity contribution in [2.75, 3.05) is 25.0 Å². The van der Waals surface area contributed by atoms with Gasteiger partial charge in [0.15, 0.2) is 0 Å². The molecule has 198 valence electrons. The van der Waals surface area contributed by atoms with Crippen LogP contribution in [-0.2, 0) is 4.74 Å². The molecule has 38 heavy (non-hydrogen) atoms. The van der Waals surface area contributed by atoms with Crippen LogP contribution in [0, 0.1) is 0 Å². The number of amides is 2. The molecule has 0 saturated heterocycles. The highest BCUT2D eigenvalue weighted by molar-refractivity contribution is 6.04. The smallest absolute Gasteiger partial charge is 0.410 e. The van der Waals surface area contributed by atoms with Crippen LogP contribution in [0.4, 0.5) is 10.6 Å². The second-order valence-corrected chi connectivity index (χ2v) is 10.5. The molecule has 2 aromatic carbocycles. The summed E-state index contributed by atoms with van der Waals surface area (Å²) in [5.41, 5.74) is 8.18. The topological polar surface area (TPSA) is 112 Å². The largest absolute Gasteiger partial charge is 0.457 e. The number of carbonyl (C=O) groups is 2. The maximum absolute atomic E-state index is 12.6. The molecule has 0 spiro atoms. The number of primary amides is 1. The number of benzene rings is 2. The van der Waals surface area contributed by atoms with Crippen LogP contribution >= 0.6 is 0 Å². The Morgan fingerprint density at radius 3 is 2.39 bits per heavy atom. The average molecular weight is 516 g/mol. The molecule has 9 nitrogen and oxygen atoms in total. The van der Waals surface area contributed by atoms with E-state index in [4.69, 9.17) is 20.3 Å². The van der Waals surface area contributed by atoms with E-state index in [2.05, 4.69) is 11.4 Å².